The highest BCUT2D eigenvalue weighted by Gasteiger charge is 2.30. The first-order valence-corrected chi connectivity index (χ1v) is 8.81. The molecule has 1 heterocycles. The molecule has 0 radical (unpaired) electrons. The molecule has 0 bridgehead atoms. The first-order chi connectivity index (χ1) is 9.52. The second-order valence-electron chi connectivity index (χ2n) is 5.42. The van der Waals surface area contributed by atoms with E-state index in [0.717, 1.165) is 19.1 Å². The van der Waals surface area contributed by atoms with Gasteiger partial charge in [-0.3, -0.25) is 0 Å². The van der Waals surface area contributed by atoms with Crippen LogP contribution in [-0.4, -0.2) is 38.4 Å². The molecule has 4 nitrogen and oxygen atoms in total. The molecule has 0 saturated carbocycles. The zero-order chi connectivity index (χ0) is 14.6. The second kappa shape index (κ2) is 6.50. The topological polar surface area (TPSA) is 54.5 Å². The van der Waals surface area contributed by atoms with Crippen molar-refractivity contribution in [1.82, 2.24) is 4.31 Å². The Hall–Kier alpha value is -1.20. The van der Waals surface area contributed by atoms with Gasteiger partial charge in [0.15, 0.2) is 0 Å². The van der Waals surface area contributed by atoms with Crippen molar-refractivity contribution in [3.8, 4) is 0 Å². The van der Waals surface area contributed by atoms with E-state index >= 15 is 0 Å². The lowest BCUT2D eigenvalue weighted by Gasteiger charge is -2.34. The summed E-state index contributed by atoms with van der Waals surface area (Å²) >= 11 is 0. The molecule has 1 aromatic rings. The van der Waals surface area contributed by atoms with Crippen LogP contribution in [0.1, 0.15) is 30.7 Å². The molecule has 110 valence electrons. The highest BCUT2D eigenvalue weighted by atomic mass is 32.2. The molecule has 0 amide bonds. The predicted octanol–water partition coefficient (Wildman–Crippen LogP) is 2.03. The minimum absolute atomic E-state index is 0.204. The summed E-state index contributed by atoms with van der Waals surface area (Å²) in [5.41, 5.74) is 1.18. The lowest BCUT2D eigenvalue weighted by atomic mass is 9.79. The molecule has 0 aromatic heterocycles. The van der Waals surface area contributed by atoms with Crippen LogP contribution in [0, 0.1) is 5.92 Å². The Balaban J connectivity index is 2.08. The molecule has 0 aliphatic carbocycles. The van der Waals surface area contributed by atoms with Gasteiger partial charge in [0.1, 0.15) is 6.29 Å². The van der Waals surface area contributed by atoms with Crippen molar-refractivity contribution in [2.24, 2.45) is 5.92 Å². The third kappa shape index (κ3) is 3.67. The van der Waals surface area contributed by atoms with E-state index in [1.54, 1.807) is 0 Å². The standard InChI is InChI=1S/C15H21NO3S/c1-20(18,19)16-10-7-14(8-11-16)15(9-12-17)13-5-3-2-4-6-13/h2-6,12,14-15H,7-11H2,1H3/t15-/m0/s1. The first-order valence-electron chi connectivity index (χ1n) is 6.96. The zero-order valence-corrected chi connectivity index (χ0v) is 12.6. The molecule has 1 aliphatic heterocycles. The number of carbonyl (C=O) groups excluding carboxylic acids is 1. The van der Waals surface area contributed by atoms with Gasteiger partial charge < -0.3 is 4.79 Å². The summed E-state index contributed by atoms with van der Waals surface area (Å²) in [6.45, 7) is 1.12. The van der Waals surface area contributed by atoms with E-state index in [9.17, 15) is 13.2 Å². The number of piperidine rings is 1. The Bertz CT molecular complexity index is 533. The SMILES string of the molecule is CS(=O)(=O)N1CCC([C@@H](CC=O)c2ccccc2)CC1. The monoisotopic (exact) mass is 295 g/mol. The van der Waals surface area contributed by atoms with Crippen molar-refractivity contribution in [3.05, 3.63) is 35.9 Å². The molecule has 1 aromatic carbocycles. The lowest BCUT2D eigenvalue weighted by Crippen LogP contribution is -2.39. The number of hydrogen-bond donors (Lipinski definition) is 0. The van der Waals surface area contributed by atoms with E-state index in [1.165, 1.54) is 16.1 Å². The number of carbonyl (C=O) groups is 1. The fourth-order valence-corrected chi connectivity index (χ4v) is 3.89. The maximum atomic E-state index is 11.5. The van der Waals surface area contributed by atoms with Gasteiger partial charge in [0.05, 0.1) is 6.26 Å². The van der Waals surface area contributed by atoms with Crippen LogP contribution in [0.15, 0.2) is 30.3 Å². The van der Waals surface area contributed by atoms with E-state index in [0.29, 0.717) is 25.4 Å². The number of benzene rings is 1. The summed E-state index contributed by atoms with van der Waals surface area (Å²) in [7, 11) is -3.09. The quantitative estimate of drug-likeness (QED) is 0.781. The molecule has 1 saturated heterocycles. The average molecular weight is 295 g/mol. The maximum absolute atomic E-state index is 11.5. The van der Waals surface area contributed by atoms with E-state index in [-0.39, 0.29) is 5.92 Å². The number of aldehydes is 1. The van der Waals surface area contributed by atoms with E-state index in [1.807, 2.05) is 18.2 Å². The normalized spacial score (nSPS) is 19.6. The molecule has 0 spiro atoms. The summed E-state index contributed by atoms with van der Waals surface area (Å²) in [5, 5.41) is 0. The molecule has 1 atom stereocenters. The van der Waals surface area contributed by atoms with Crippen LogP contribution in [0.2, 0.25) is 0 Å². The number of nitrogens with zero attached hydrogens (tertiary/aromatic N) is 1. The Morgan fingerprint density at radius 3 is 2.35 bits per heavy atom. The van der Waals surface area contributed by atoms with Crippen molar-refractivity contribution < 1.29 is 13.2 Å². The third-order valence-corrected chi connectivity index (χ3v) is 5.42. The van der Waals surface area contributed by atoms with Gasteiger partial charge in [-0.05, 0) is 30.2 Å². The Morgan fingerprint density at radius 2 is 1.85 bits per heavy atom. The van der Waals surface area contributed by atoms with Crippen molar-refractivity contribution >= 4 is 16.3 Å². The molecule has 1 fully saturated rings. The van der Waals surface area contributed by atoms with Gasteiger partial charge in [-0.2, -0.15) is 0 Å². The van der Waals surface area contributed by atoms with E-state index < -0.39 is 10.0 Å². The lowest BCUT2D eigenvalue weighted by molar-refractivity contribution is -0.108. The van der Waals surface area contributed by atoms with Gasteiger partial charge in [0.2, 0.25) is 10.0 Å². The highest BCUT2D eigenvalue weighted by Crippen LogP contribution is 2.35. The van der Waals surface area contributed by atoms with Crippen molar-refractivity contribution in [2.45, 2.75) is 25.2 Å². The number of sulfonamides is 1. The second-order valence-corrected chi connectivity index (χ2v) is 7.40. The Kier molecular flexibility index (Phi) is 4.94. The summed E-state index contributed by atoms with van der Waals surface area (Å²) in [6, 6.07) is 10.0. The average Bonchev–Trinajstić information content (AvgIpc) is 2.45. The Morgan fingerprint density at radius 1 is 1.25 bits per heavy atom. The first kappa shape index (κ1) is 15.2. The van der Waals surface area contributed by atoms with E-state index in [2.05, 4.69) is 12.1 Å². The molecule has 2 rings (SSSR count). The van der Waals surface area contributed by atoms with Crippen LogP contribution in [0.4, 0.5) is 0 Å². The molecular formula is C15H21NO3S. The van der Waals surface area contributed by atoms with Crippen LogP contribution >= 0.6 is 0 Å². The van der Waals surface area contributed by atoms with Crippen LogP contribution in [0.3, 0.4) is 0 Å². The maximum Gasteiger partial charge on any atom is 0.211 e. The summed E-state index contributed by atoms with van der Waals surface area (Å²) in [6.07, 6.45) is 4.38. The van der Waals surface area contributed by atoms with Crippen molar-refractivity contribution in [3.63, 3.8) is 0 Å². The van der Waals surface area contributed by atoms with Gasteiger partial charge in [-0.1, -0.05) is 30.3 Å². The molecule has 0 unspecified atom stereocenters. The van der Waals surface area contributed by atoms with E-state index in [4.69, 9.17) is 0 Å². The molecule has 0 N–H and O–H groups in total. The molecule has 5 heteroatoms. The van der Waals surface area contributed by atoms with Crippen molar-refractivity contribution in [1.29, 1.82) is 0 Å². The predicted molar refractivity (Wildman–Crippen MR) is 79.0 cm³/mol. The Labute approximate surface area is 120 Å². The molecule has 20 heavy (non-hydrogen) atoms. The van der Waals surface area contributed by atoms with Gasteiger partial charge in [-0.25, -0.2) is 12.7 Å². The smallest absolute Gasteiger partial charge is 0.211 e. The van der Waals surface area contributed by atoms with Gasteiger partial charge in [-0.15, -0.1) is 0 Å². The summed E-state index contributed by atoms with van der Waals surface area (Å²) < 4.78 is 24.6. The molecule has 1 aliphatic rings. The minimum atomic E-state index is -3.09. The van der Waals surface area contributed by atoms with Gasteiger partial charge in [0.25, 0.3) is 0 Å². The number of rotatable bonds is 5. The summed E-state index contributed by atoms with van der Waals surface area (Å²) in [4.78, 5) is 10.9. The largest absolute Gasteiger partial charge is 0.303 e. The van der Waals surface area contributed by atoms with Crippen LogP contribution < -0.4 is 0 Å². The minimum Gasteiger partial charge on any atom is -0.303 e. The van der Waals surface area contributed by atoms with Gasteiger partial charge >= 0.3 is 0 Å². The molecular weight excluding hydrogens is 274 g/mol. The third-order valence-electron chi connectivity index (χ3n) is 4.11. The van der Waals surface area contributed by atoms with Gasteiger partial charge in [0, 0.05) is 19.5 Å². The highest BCUT2D eigenvalue weighted by molar-refractivity contribution is 7.88. The van der Waals surface area contributed by atoms with Crippen LogP contribution in [0.5, 0.6) is 0 Å². The fraction of sp³-hybridized carbons (Fsp3) is 0.533. The van der Waals surface area contributed by atoms with Crippen molar-refractivity contribution in [2.75, 3.05) is 19.3 Å². The number of hydrogen-bond acceptors (Lipinski definition) is 3. The fourth-order valence-electron chi connectivity index (χ4n) is 3.01. The van der Waals surface area contributed by atoms with Crippen LogP contribution in [-0.2, 0) is 14.8 Å². The summed E-state index contributed by atoms with van der Waals surface area (Å²) in [5.74, 6) is 0.580. The zero-order valence-electron chi connectivity index (χ0n) is 11.7. The van der Waals surface area contributed by atoms with Crippen LogP contribution in [0.25, 0.3) is 0 Å².